The quantitative estimate of drug-likeness (QED) is 0.414. The average molecular weight is 453 g/mol. The Bertz CT molecular complexity index is 1180. The van der Waals surface area contributed by atoms with Crippen molar-refractivity contribution in [2.24, 2.45) is 0 Å². The van der Waals surface area contributed by atoms with Crippen molar-refractivity contribution in [2.75, 3.05) is 6.61 Å². The van der Waals surface area contributed by atoms with Gasteiger partial charge in [0.2, 0.25) is 0 Å². The van der Waals surface area contributed by atoms with Gasteiger partial charge < -0.3 is 9.47 Å². The number of aromatic nitrogens is 3. The highest BCUT2D eigenvalue weighted by Gasteiger charge is 2.47. The van der Waals surface area contributed by atoms with Gasteiger partial charge >= 0.3 is 6.09 Å². The summed E-state index contributed by atoms with van der Waals surface area (Å²) < 4.78 is 14.5. The molecule has 34 heavy (non-hydrogen) atoms. The van der Waals surface area contributed by atoms with Crippen molar-refractivity contribution in [2.45, 2.75) is 30.8 Å². The topological polar surface area (TPSA) is 69.5 Å². The molecule has 0 aliphatic carbocycles. The highest BCUT2D eigenvalue weighted by Crippen LogP contribution is 2.41. The van der Waals surface area contributed by atoms with E-state index in [1.165, 1.54) is 0 Å². The van der Waals surface area contributed by atoms with Crippen LogP contribution in [0, 0.1) is 0 Å². The number of fused-ring (bicyclic) bond motifs is 2. The molecule has 2 atom stereocenters. The molecule has 0 unspecified atom stereocenters. The summed E-state index contributed by atoms with van der Waals surface area (Å²) in [5, 5.41) is 8.15. The van der Waals surface area contributed by atoms with Gasteiger partial charge in [0.1, 0.15) is 11.7 Å². The normalized spacial score (nSPS) is 19.4. The Balaban J connectivity index is 1.39. The molecular weight excluding hydrogens is 428 g/mol. The van der Waals surface area contributed by atoms with Crippen molar-refractivity contribution in [3.8, 4) is 0 Å². The van der Waals surface area contributed by atoms with Crippen LogP contribution in [-0.2, 0) is 28.2 Å². The van der Waals surface area contributed by atoms with E-state index in [1.54, 1.807) is 11.1 Å². The van der Waals surface area contributed by atoms with Gasteiger partial charge in [-0.15, -0.1) is 5.10 Å². The lowest BCUT2D eigenvalue weighted by atomic mass is 9.80. The summed E-state index contributed by atoms with van der Waals surface area (Å²) in [5.41, 5.74) is 3.07. The molecular formula is C27H24N4O3. The van der Waals surface area contributed by atoms with Crippen LogP contribution < -0.4 is 0 Å². The van der Waals surface area contributed by atoms with Crippen LogP contribution in [0.25, 0.3) is 0 Å². The standard InChI is InChI=1S/C27H24N4O3/c32-26-30-17-23-16-28-29-31(23)18-24(30)25(34-26)19-33-27(20-10-4-1-5-11-20,21-12-6-2-7-13-21)22-14-8-3-9-15-22/h1-16,24-25H,17-19H2/t24-,25-/m1/s1. The second kappa shape index (κ2) is 8.43. The fraction of sp³-hybridized carbons (Fsp3) is 0.222. The zero-order valence-electron chi connectivity index (χ0n) is 18.5. The molecule has 4 aromatic rings. The van der Waals surface area contributed by atoms with Gasteiger partial charge in [-0.3, -0.25) is 4.90 Å². The number of amides is 1. The van der Waals surface area contributed by atoms with E-state index < -0.39 is 11.7 Å². The van der Waals surface area contributed by atoms with E-state index in [1.807, 2.05) is 59.3 Å². The number of benzene rings is 3. The Hall–Kier alpha value is -3.97. The Morgan fingerprint density at radius 3 is 2.00 bits per heavy atom. The molecule has 0 radical (unpaired) electrons. The largest absolute Gasteiger partial charge is 0.441 e. The van der Waals surface area contributed by atoms with E-state index in [4.69, 9.17) is 9.47 Å². The molecule has 6 rings (SSSR count). The zero-order valence-corrected chi connectivity index (χ0v) is 18.5. The molecule has 1 fully saturated rings. The van der Waals surface area contributed by atoms with Crippen molar-refractivity contribution in [3.05, 3.63) is 120 Å². The Labute approximate surface area is 197 Å². The first-order valence-corrected chi connectivity index (χ1v) is 11.4. The van der Waals surface area contributed by atoms with Gasteiger partial charge in [0, 0.05) is 0 Å². The molecule has 170 valence electrons. The summed E-state index contributed by atoms with van der Waals surface area (Å²) >= 11 is 0. The third kappa shape index (κ3) is 3.36. The molecule has 0 spiro atoms. The lowest BCUT2D eigenvalue weighted by molar-refractivity contribution is -0.0400. The molecule has 2 aliphatic rings. The third-order valence-electron chi connectivity index (χ3n) is 6.71. The van der Waals surface area contributed by atoms with Crippen LogP contribution in [0.15, 0.2) is 97.2 Å². The second-order valence-electron chi connectivity index (χ2n) is 8.62. The minimum atomic E-state index is -0.864. The number of hydrogen-bond donors (Lipinski definition) is 0. The summed E-state index contributed by atoms with van der Waals surface area (Å²) in [4.78, 5) is 14.4. The summed E-state index contributed by atoms with van der Waals surface area (Å²) in [7, 11) is 0. The smallest absolute Gasteiger partial charge is 0.411 e. The fourth-order valence-electron chi connectivity index (χ4n) is 5.04. The van der Waals surface area contributed by atoms with Crippen LogP contribution in [0.5, 0.6) is 0 Å². The Kier molecular flexibility index (Phi) is 5.11. The molecule has 7 nitrogen and oxygen atoms in total. The maximum absolute atomic E-state index is 12.7. The molecule has 0 bridgehead atoms. The number of carbonyl (C=O) groups is 1. The van der Waals surface area contributed by atoms with E-state index in [0.29, 0.717) is 13.1 Å². The molecule has 3 heterocycles. The molecule has 2 aliphatic heterocycles. The maximum Gasteiger partial charge on any atom is 0.411 e. The summed E-state index contributed by atoms with van der Waals surface area (Å²) in [6.07, 6.45) is 0.939. The number of nitrogens with zero attached hydrogens (tertiary/aromatic N) is 4. The number of hydrogen-bond acceptors (Lipinski definition) is 5. The van der Waals surface area contributed by atoms with Gasteiger partial charge in [-0.05, 0) is 16.7 Å². The highest BCUT2D eigenvalue weighted by atomic mass is 16.6. The summed E-state index contributed by atoms with van der Waals surface area (Å²) in [6, 6.07) is 30.4. The molecule has 0 saturated carbocycles. The van der Waals surface area contributed by atoms with Crippen molar-refractivity contribution in [3.63, 3.8) is 0 Å². The number of ether oxygens (including phenoxy) is 2. The van der Waals surface area contributed by atoms with Crippen LogP contribution >= 0.6 is 0 Å². The lowest BCUT2D eigenvalue weighted by Crippen LogP contribution is -2.46. The molecule has 1 aromatic heterocycles. The van der Waals surface area contributed by atoms with E-state index in [0.717, 1.165) is 22.4 Å². The molecule has 7 heteroatoms. The fourth-order valence-corrected chi connectivity index (χ4v) is 5.04. The monoisotopic (exact) mass is 452 g/mol. The van der Waals surface area contributed by atoms with Crippen molar-refractivity contribution >= 4 is 6.09 Å². The van der Waals surface area contributed by atoms with Gasteiger partial charge in [0.25, 0.3) is 0 Å². The first-order chi connectivity index (χ1) is 16.8. The lowest BCUT2D eigenvalue weighted by Gasteiger charge is -2.37. The van der Waals surface area contributed by atoms with Crippen molar-refractivity contribution < 1.29 is 14.3 Å². The third-order valence-corrected chi connectivity index (χ3v) is 6.71. The maximum atomic E-state index is 12.7. The number of carbonyl (C=O) groups excluding carboxylic acids is 1. The number of cyclic esters (lactones) is 1. The average Bonchev–Trinajstić information content (AvgIpc) is 3.49. The number of rotatable bonds is 6. The highest BCUT2D eigenvalue weighted by molar-refractivity contribution is 5.71. The Morgan fingerprint density at radius 2 is 1.44 bits per heavy atom. The predicted octanol–water partition coefficient (Wildman–Crippen LogP) is 3.99. The zero-order chi connectivity index (χ0) is 23.0. The van der Waals surface area contributed by atoms with Crippen LogP contribution in [0.4, 0.5) is 4.79 Å². The molecule has 3 aromatic carbocycles. The second-order valence-corrected chi connectivity index (χ2v) is 8.62. The molecule has 0 N–H and O–H groups in total. The van der Waals surface area contributed by atoms with E-state index in [9.17, 15) is 4.79 Å². The first kappa shape index (κ1) is 20.6. The minimum Gasteiger partial charge on any atom is -0.441 e. The van der Waals surface area contributed by atoms with Crippen LogP contribution in [0.1, 0.15) is 22.4 Å². The molecule has 1 amide bonds. The first-order valence-electron chi connectivity index (χ1n) is 11.4. The molecule has 1 saturated heterocycles. The van der Waals surface area contributed by atoms with Gasteiger partial charge in [-0.1, -0.05) is 96.2 Å². The minimum absolute atomic E-state index is 0.165. The van der Waals surface area contributed by atoms with E-state index in [2.05, 4.69) is 46.7 Å². The summed E-state index contributed by atoms with van der Waals surface area (Å²) in [5.74, 6) is 0. The predicted molar refractivity (Wildman–Crippen MR) is 125 cm³/mol. The van der Waals surface area contributed by atoms with E-state index >= 15 is 0 Å². The van der Waals surface area contributed by atoms with Crippen LogP contribution in [0.3, 0.4) is 0 Å². The van der Waals surface area contributed by atoms with Crippen LogP contribution in [-0.4, -0.2) is 44.7 Å². The van der Waals surface area contributed by atoms with E-state index in [-0.39, 0.29) is 18.7 Å². The van der Waals surface area contributed by atoms with Gasteiger partial charge in [-0.25, -0.2) is 9.48 Å². The van der Waals surface area contributed by atoms with Crippen molar-refractivity contribution in [1.82, 2.24) is 19.9 Å². The van der Waals surface area contributed by atoms with Crippen LogP contribution in [0.2, 0.25) is 0 Å². The van der Waals surface area contributed by atoms with Crippen molar-refractivity contribution in [1.29, 1.82) is 0 Å². The Morgan fingerprint density at radius 1 is 0.882 bits per heavy atom. The van der Waals surface area contributed by atoms with Gasteiger partial charge in [0.15, 0.2) is 0 Å². The van der Waals surface area contributed by atoms with Gasteiger partial charge in [0.05, 0.1) is 37.6 Å². The SMILES string of the molecule is O=C1O[C@H](COC(c2ccccc2)(c2ccccc2)c2ccccc2)[C@H]2Cn3nncc3CN12. The van der Waals surface area contributed by atoms with Gasteiger partial charge in [-0.2, -0.15) is 0 Å². The summed E-state index contributed by atoms with van der Waals surface area (Å²) in [6.45, 7) is 1.20.